The Balaban J connectivity index is 1.80. The number of hydrogen-bond donors (Lipinski definition) is 2. The summed E-state index contributed by atoms with van der Waals surface area (Å²) in [7, 11) is 0. The number of carbonyl (C=O) groups excluding carboxylic acids is 1. The maximum absolute atomic E-state index is 11.8. The Hall–Kier alpha value is -2.07. The van der Waals surface area contributed by atoms with Crippen LogP contribution in [0.4, 0.5) is 5.69 Å². The summed E-state index contributed by atoms with van der Waals surface area (Å²) < 4.78 is 5.17. The Labute approximate surface area is 112 Å². The third-order valence-electron chi connectivity index (χ3n) is 2.82. The molecule has 4 heteroatoms. The molecule has 100 valence electrons. The lowest BCUT2D eigenvalue weighted by atomic mass is 10.1. The first-order chi connectivity index (χ1) is 9.15. The smallest absolute Gasteiger partial charge is 0.238 e. The number of carbonyl (C=O) groups is 1. The number of nitrogens with one attached hydrogen (secondary N) is 2. The Morgan fingerprint density at radius 2 is 2.11 bits per heavy atom. The first kappa shape index (κ1) is 13.4. The summed E-state index contributed by atoms with van der Waals surface area (Å²) >= 11 is 0. The summed E-state index contributed by atoms with van der Waals surface area (Å²) in [4.78, 5) is 11.8. The fourth-order valence-corrected chi connectivity index (χ4v) is 1.86. The van der Waals surface area contributed by atoms with Crippen molar-refractivity contribution in [3.63, 3.8) is 0 Å². The zero-order valence-electron chi connectivity index (χ0n) is 11.2. The minimum absolute atomic E-state index is 0.0569. The van der Waals surface area contributed by atoms with Crippen molar-refractivity contribution in [2.75, 3.05) is 11.9 Å². The second-order valence-electron chi connectivity index (χ2n) is 4.55. The molecular weight excluding hydrogens is 240 g/mol. The quantitative estimate of drug-likeness (QED) is 0.866. The maximum Gasteiger partial charge on any atom is 0.238 e. The summed E-state index contributed by atoms with van der Waals surface area (Å²) in [6, 6.07) is 9.65. The molecule has 1 amide bonds. The van der Waals surface area contributed by atoms with Gasteiger partial charge in [0.05, 0.1) is 19.4 Å². The van der Waals surface area contributed by atoms with Crippen molar-refractivity contribution in [3.8, 4) is 0 Å². The van der Waals surface area contributed by atoms with E-state index in [9.17, 15) is 4.79 Å². The third-order valence-corrected chi connectivity index (χ3v) is 2.82. The second-order valence-corrected chi connectivity index (χ2v) is 4.55. The molecule has 1 aromatic carbocycles. The molecule has 2 N–H and O–H groups in total. The lowest BCUT2D eigenvalue weighted by molar-refractivity contribution is -0.115. The normalized spacial score (nSPS) is 10.4. The van der Waals surface area contributed by atoms with Crippen LogP contribution in [0.25, 0.3) is 0 Å². The molecule has 1 heterocycles. The number of furan rings is 1. The van der Waals surface area contributed by atoms with Crippen molar-refractivity contribution in [3.05, 3.63) is 53.5 Å². The molecule has 2 aromatic rings. The Morgan fingerprint density at radius 3 is 2.79 bits per heavy atom. The van der Waals surface area contributed by atoms with Gasteiger partial charge in [0.1, 0.15) is 5.76 Å². The van der Waals surface area contributed by atoms with E-state index in [1.54, 1.807) is 6.26 Å². The summed E-state index contributed by atoms with van der Waals surface area (Å²) in [5, 5.41) is 5.92. The van der Waals surface area contributed by atoms with E-state index in [1.807, 2.05) is 44.2 Å². The standard InChI is InChI=1S/C15H18N2O2/c1-11-5-6-14(12(2)8-11)17-15(18)10-16-9-13-4-3-7-19-13/h3-8,16H,9-10H2,1-2H3,(H,17,18). The lowest BCUT2D eigenvalue weighted by Gasteiger charge is -2.09. The van der Waals surface area contributed by atoms with Crippen LogP contribution < -0.4 is 10.6 Å². The molecule has 0 saturated carbocycles. The van der Waals surface area contributed by atoms with E-state index in [1.165, 1.54) is 5.56 Å². The number of aryl methyl sites for hydroxylation is 2. The van der Waals surface area contributed by atoms with Crippen LogP contribution in [0, 0.1) is 13.8 Å². The van der Waals surface area contributed by atoms with Crippen molar-refractivity contribution < 1.29 is 9.21 Å². The van der Waals surface area contributed by atoms with Crippen molar-refractivity contribution in [2.45, 2.75) is 20.4 Å². The predicted octanol–water partition coefficient (Wildman–Crippen LogP) is 2.62. The Bertz CT molecular complexity index is 547. The van der Waals surface area contributed by atoms with Crippen LogP contribution in [0.2, 0.25) is 0 Å². The fraction of sp³-hybridized carbons (Fsp3) is 0.267. The van der Waals surface area contributed by atoms with Gasteiger partial charge >= 0.3 is 0 Å². The van der Waals surface area contributed by atoms with Crippen molar-refractivity contribution in [2.24, 2.45) is 0 Å². The molecule has 0 aliphatic heterocycles. The van der Waals surface area contributed by atoms with E-state index in [2.05, 4.69) is 10.6 Å². The first-order valence-electron chi connectivity index (χ1n) is 6.25. The highest BCUT2D eigenvalue weighted by atomic mass is 16.3. The molecule has 4 nitrogen and oxygen atoms in total. The van der Waals surface area contributed by atoms with Gasteiger partial charge in [-0.1, -0.05) is 17.7 Å². The van der Waals surface area contributed by atoms with E-state index in [0.29, 0.717) is 6.54 Å². The molecule has 0 fully saturated rings. The number of benzene rings is 1. The monoisotopic (exact) mass is 258 g/mol. The van der Waals surface area contributed by atoms with Crippen LogP contribution in [0.15, 0.2) is 41.0 Å². The van der Waals surface area contributed by atoms with Gasteiger partial charge in [0.25, 0.3) is 0 Å². The lowest BCUT2D eigenvalue weighted by Crippen LogP contribution is -2.27. The maximum atomic E-state index is 11.8. The van der Waals surface area contributed by atoms with Gasteiger partial charge < -0.3 is 15.1 Å². The summed E-state index contributed by atoms with van der Waals surface area (Å²) in [6.07, 6.45) is 1.62. The molecule has 0 spiro atoms. The highest BCUT2D eigenvalue weighted by Crippen LogP contribution is 2.15. The Morgan fingerprint density at radius 1 is 1.26 bits per heavy atom. The van der Waals surface area contributed by atoms with Crippen LogP contribution >= 0.6 is 0 Å². The van der Waals surface area contributed by atoms with Crippen LogP contribution in [0.5, 0.6) is 0 Å². The minimum Gasteiger partial charge on any atom is -0.468 e. The zero-order valence-corrected chi connectivity index (χ0v) is 11.2. The summed E-state index contributed by atoms with van der Waals surface area (Å²) in [6.45, 7) is 4.82. The van der Waals surface area contributed by atoms with Gasteiger partial charge in [-0.3, -0.25) is 4.79 Å². The zero-order chi connectivity index (χ0) is 13.7. The number of amides is 1. The summed E-state index contributed by atoms with van der Waals surface area (Å²) in [5.74, 6) is 0.762. The van der Waals surface area contributed by atoms with Gasteiger partial charge in [-0.15, -0.1) is 0 Å². The number of anilines is 1. The van der Waals surface area contributed by atoms with Crippen molar-refractivity contribution in [1.29, 1.82) is 0 Å². The number of hydrogen-bond acceptors (Lipinski definition) is 3. The largest absolute Gasteiger partial charge is 0.468 e. The molecule has 0 atom stereocenters. The van der Waals surface area contributed by atoms with Gasteiger partial charge in [-0.05, 0) is 37.6 Å². The second kappa shape index (κ2) is 6.20. The number of rotatable bonds is 5. The molecule has 0 aliphatic rings. The molecule has 1 aromatic heterocycles. The third kappa shape index (κ3) is 3.96. The predicted molar refractivity (Wildman–Crippen MR) is 75.0 cm³/mol. The average molecular weight is 258 g/mol. The molecule has 0 saturated heterocycles. The highest BCUT2D eigenvalue weighted by molar-refractivity contribution is 5.92. The van der Waals surface area contributed by atoms with E-state index in [-0.39, 0.29) is 12.5 Å². The van der Waals surface area contributed by atoms with Crippen LogP contribution in [0.1, 0.15) is 16.9 Å². The molecule has 0 aliphatic carbocycles. The van der Waals surface area contributed by atoms with E-state index in [4.69, 9.17) is 4.42 Å². The van der Waals surface area contributed by atoms with Gasteiger partial charge in [0, 0.05) is 5.69 Å². The average Bonchev–Trinajstić information content (AvgIpc) is 2.86. The summed E-state index contributed by atoms with van der Waals surface area (Å²) in [5.41, 5.74) is 3.11. The molecule has 0 unspecified atom stereocenters. The van der Waals surface area contributed by atoms with E-state index in [0.717, 1.165) is 17.0 Å². The van der Waals surface area contributed by atoms with Crippen molar-refractivity contribution >= 4 is 11.6 Å². The fourth-order valence-electron chi connectivity index (χ4n) is 1.86. The SMILES string of the molecule is Cc1ccc(NC(=O)CNCc2ccco2)c(C)c1. The van der Waals surface area contributed by atoms with Crippen LogP contribution in [-0.4, -0.2) is 12.5 Å². The molecular formula is C15H18N2O2. The molecule has 0 radical (unpaired) electrons. The first-order valence-corrected chi connectivity index (χ1v) is 6.25. The molecule has 0 bridgehead atoms. The van der Waals surface area contributed by atoms with Gasteiger partial charge in [0.15, 0.2) is 0 Å². The van der Waals surface area contributed by atoms with Gasteiger partial charge in [-0.25, -0.2) is 0 Å². The highest BCUT2D eigenvalue weighted by Gasteiger charge is 2.05. The van der Waals surface area contributed by atoms with E-state index < -0.39 is 0 Å². The Kier molecular flexibility index (Phi) is 4.36. The minimum atomic E-state index is -0.0569. The van der Waals surface area contributed by atoms with Crippen LogP contribution in [-0.2, 0) is 11.3 Å². The van der Waals surface area contributed by atoms with Gasteiger partial charge in [-0.2, -0.15) is 0 Å². The van der Waals surface area contributed by atoms with E-state index >= 15 is 0 Å². The van der Waals surface area contributed by atoms with Crippen molar-refractivity contribution in [1.82, 2.24) is 5.32 Å². The topological polar surface area (TPSA) is 54.3 Å². The molecule has 19 heavy (non-hydrogen) atoms. The molecule has 2 rings (SSSR count). The van der Waals surface area contributed by atoms with Crippen LogP contribution in [0.3, 0.4) is 0 Å². The van der Waals surface area contributed by atoms with Gasteiger partial charge in [0.2, 0.25) is 5.91 Å².